The number of thiophene rings is 2. The number of hydrogen-bond acceptors (Lipinski definition) is 8. The Bertz CT molecular complexity index is 1090. The second-order valence-corrected chi connectivity index (χ2v) is 10.5. The molecule has 0 spiro atoms. The normalized spacial score (nSPS) is 13.3. The van der Waals surface area contributed by atoms with E-state index >= 15 is 0 Å². The first-order valence-electron chi connectivity index (χ1n) is 10.1. The summed E-state index contributed by atoms with van der Waals surface area (Å²) in [7, 11) is 1.38. The zero-order chi connectivity index (χ0) is 22.0. The van der Waals surface area contributed by atoms with Gasteiger partial charge in [-0.1, -0.05) is 17.8 Å². The third-order valence-electron chi connectivity index (χ3n) is 5.07. The predicted octanol–water partition coefficient (Wildman–Crippen LogP) is 5.05. The molecular formula is C21H24N4O3S3. The molecule has 0 fully saturated rings. The summed E-state index contributed by atoms with van der Waals surface area (Å²) < 4.78 is 7.03. The fraction of sp³-hybridized carbons (Fsp3) is 0.429. The minimum atomic E-state index is -0.387. The number of rotatable bonds is 7. The Hall–Kier alpha value is -2.17. The molecular weight excluding hydrogens is 452 g/mol. The summed E-state index contributed by atoms with van der Waals surface area (Å²) in [6.45, 7) is 4.15. The number of methoxy groups -OCH3 is 1. The molecule has 31 heavy (non-hydrogen) atoms. The number of anilines is 1. The molecule has 3 aromatic heterocycles. The van der Waals surface area contributed by atoms with Crippen LogP contribution in [0, 0.1) is 0 Å². The summed E-state index contributed by atoms with van der Waals surface area (Å²) in [5.74, 6) is 0.428. The number of carbonyl (C=O) groups is 2. The van der Waals surface area contributed by atoms with Gasteiger partial charge in [0.25, 0.3) is 0 Å². The van der Waals surface area contributed by atoms with E-state index in [4.69, 9.17) is 4.74 Å². The number of nitrogens with one attached hydrogen (secondary N) is 1. The van der Waals surface area contributed by atoms with Crippen molar-refractivity contribution in [1.82, 2.24) is 14.8 Å². The van der Waals surface area contributed by atoms with E-state index in [1.54, 1.807) is 11.3 Å². The Kier molecular flexibility index (Phi) is 6.78. The van der Waals surface area contributed by atoms with Crippen LogP contribution >= 0.6 is 34.4 Å². The van der Waals surface area contributed by atoms with Crippen LogP contribution in [0.3, 0.4) is 0 Å². The molecule has 0 aromatic carbocycles. The number of aryl methyl sites for hydroxylation is 1. The van der Waals surface area contributed by atoms with E-state index in [1.165, 1.54) is 35.1 Å². The van der Waals surface area contributed by atoms with Gasteiger partial charge in [0, 0.05) is 10.9 Å². The maximum absolute atomic E-state index is 12.7. The van der Waals surface area contributed by atoms with Crippen LogP contribution in [0.1, 0.15) is 53.5 Å². The first-order valence-corrected chi connectivity index (χ1v) is 12.8. The van der Waals surface area contributed by atoms with Crippen LogP contribution in [0.2, 0.25) is 0 Å². The van der Waals surface area contributed by atoms with Gasteiger partial charge in [-0.3, -0.25) is 9.36 Å². The molecule has 0 saturated carbocycles. The molecule has 0 bridgehead atoms. The van der Waals surface area contributed by atoms with Crippen molar-refractivity contribution in [2.24, 2.45) is 0 Å². The average molecular weight is 477 g/mol. The Morgan fingerprint density at radius 1 is 1.29 bits per heavy atom. The summed E-state index contributed by atoms with van der Waals surface area (Å²) in [4.78, 5) is 27.3. The number of nitrogens with zero attached hydrogens (tertiary/aromatic N) is 3. The summed E-state index contributed by atoms with van der Waals surface area (Å²) in [6, 6.07) is 4.16. The van der Waals surface area contributed by atoms with Gasteiger partial charge in [0.05, 0.1) is 23.3 Å². The van der Waals surface area contributed by atoms with E-state index in [1.807, 2.05) is 22.1 Å². The van der Waals surface area contributed by atoms with E-state index in [9.17, 15) is 9.59 Å². The zero-order valence-corrected chi connectivity index (χ0v) is 20.1. The van der Waals surface area contributed by atoms with Crippen molar-refractivity contribution in [3.8, 4) is 10.7 Å². The highest BCUT2D eigenvalue weighted by Gasteiger charge is 2.27. The fourth-order valence-corrected chi connectivity index (χ4v) is 6.55. The van der Waals surface area contributed by atoms with Gasteiger partial charge in [-0.25, -0.2) is 4.79 Å². The van der Waals surface area contributed by atoms with Crippen molar-refractivity contribution in [1.29, 1.82) is 0 Å². The maximum atomic E-state index is 12.7. The van der Waals surface area contributed by atoms with Crippen molar-refractivity contribution < 1.29 is 14.3 Å². The molecule has 7 nitrogen and oxygen atoms in total. The van der Waals surface area contributed by atoms with E-state index < -0.39 is 0 Å². The zero-order valence-electron chi connectivity index (χ0n) is 17.6. The van der Waals surface area contributed by atoms with Gasteiger partial charge < -0.3 is 10.1 Å². The standard InChI is InChI=1S/C21H24N4O3S3/c1-12(2)25-18(15-9-6-10-29-15)23-24-21(25)30-11-16(26)22-19-17(20(27)28-3)13-7-4-5-8-14(13)31-19/h6,9-10,12H,4-5,7-8,11H2,1-3H3,(H,22,26). The summed E-state index contributed by atoms with van der Waals surface area (Å²) in [5.41, 5.74) is 1.55. The van der Waals surface area contributed by atoms with Gasteiger partial charge in [0.2, 0.25) is 5.91 Å². The fourth-order valence-electron chi connectivity index (χ4n) is 3.68. The highest BCUT2D eigenvalue weighted by atomic mass is 32.2. The Balaban J connectivity index is 1.50. The molecule has 164 valence electrons. The number of ether oxygens (including phenoxy) is 1. The topological polar surface area (TPSA) is 86.1 Å². The van der Waals surface area contributed by atoms with Gasteiger partial charge in [-0.2, -0.15) is 0 Å². The van der Waals surface area contributed by atoms with Crippen LogP contribution in [-0.2, 0) is 22.4 Å². The number of esters is 1. The summed E-state index contributed by atoms with van der Waals surface area (Å²) >= 11 is 4.45. The second-order valence-electron chi connectivity index (χ2n) is 7.49. The van der Waals surface area contributed by atoms with E-state index in [2.05, 4.69) is 29.4 Å². The number of fused-ring (bicyclic) bond motifs is 1. The van der Waals surface area contributed by atoms with Crippen molar-refractivity contribution in [3.63, 3.8) is 0 Å². The Labute approximate surface area is 193 Å². The van der Waals surface area contributed by atoms with Crippen LogP contribution in [0.15, 0.2) is 22.7 Å². The first kappa shape index (κ1) is 22.0. The number of amides is 1. The van der Waals surface area contributed by atoms with Gasteiger partial charge in [-0.15, -0.1) is 32.9 Å². The predicted molar refractivity (Wildman–Crippen MR) is 125 cm³/mol. The number of carbonyl (C=O) groups excluding carboxylic acids is 2. The second kappa shape index (κ2) is 9.54. The minimum absolute atomic E-state index is 0.160. The largest absolute Gasteiger partial charge is 0.465 e. The van der Waals surface area contributed by atoms with Crippen LogP contribution in [-0.4, -0.2) is 39.5 Å². The molecule has 4 rings (SSSR count). The quantitative estimate of drug-likeness (QED) is 0.380. The molecule has 10 heteroatoms. The van der Waals surface area contributed by atoms with Crippen LogP contribution in [0.25, 0.3) is 10.7 Å². The third kappa shape index (κ3) is 4.56. The molecule has 1 aliphatic rings. The van der Waals surface area contributed by atoms with Crippen LogP contribution in [0.4, 0.5) is 5.00 Å². The molecule has 1 aliphatic carbocycles. The summed E-state index contributed by atoms with van der Waals surface area (Å²) in [6.07, 6.45) is 3.95. The lowest BCUT2D eigenvalue weighted by Gasteiger charge is -2.13. The molecule has 0 atom stereocenters. The van der Waals surface area contributed by atoms with Crippen LogP contribution in [0.5, 0.6) is 0 Å². The molecule has 1 N–H and O–H groups in total. The lowest BCUT2D eigenvalue weighted by Crippen LogP contribution is -2.17. The van der Waals surface area contributed by atoms with Crippen molar-refractivity contribution in [2.45, 2.75) is 50.7 Å². The van der Waals surface area contributed by atoms with Gasteiger partial charge in [0.1, 0.15) is 5.00 Å². The maximum Gasteiger partial charge on any atom is 0.341 e. The van der Waals surface area contributed by atoms with Crippen molar-refractivity contribution in [2.75, 3.05) is 18.2 Å². The van der Waals surface area contributed by atoms with Gasteiger partial charge >= 0.3 is 5.97 Å². The SMILES string of the molecule is COC(=O)c1c(NC(=O)CSc2nnc(-c3cccs3)n2C(C)C)sc2c1CCCC2. The lowest BCUT2D eigenvalue weighted by atomic mass is 9.95. The molecule has 0 saturated heterocycles. The summed E-state index contributed by atoms with van der Waals surface area (Å²) in [5, 5.41) is 14.9. The smallest absolute Gasteiger partial charge is 0.341 e. The molecule has 1 amide bonds. The van der Waals surface area contributed by atoms with Crippen LogP contribution < -0.4 is 5.32 Å². The molecule has 0 radical (unpaired) electrons. The van der Waals surface area contributed by atoms with Gasteiger partial charge in [-0.05, 0) is 56.5 Å². The molecule has 0 unspecified atom stereocenters. The highest BCUT2D eigenvalue weighted by molar-refractivity contribution is 7.99. The molecule has 3 heterocycles. The number of hydrogen-bond donors (Lipinski definition) is 1. The number of thioether (sulfide) groups is 1. The van der Waals surface area contributed by atoms with Crippen molar-refractivity contribution in [3.05, 3.63) is 33.5 Å². The molecule has 3 aromatic rings. The van der Waals surface area contributed by atoms with Crippen molar-refractivity contribution >= 4 is 51.3 Å². The molecule has 0 aliphatic heterocycles. The van der Waals surface area contributed by atoms with E-state index in [-0.39, 0.29) is 23.7 Å². The minimum Gasteiger partial charge on any atom is -0.465 e. The monoisotopic (exact) mass is 476 g/mol. The van der Waals surface area contributed by atoms with E-state index in [0.717, 1.165) is 41.9 Å². The number of aromatic nitrogens is 3. The Morgan fingerprint density at radius 3 is 2.81 bits per heavy atom. The lowest BCUT2D eigenvalue weighted by molar-refractivity contribution is -0.113. The average Bonchev–Trinajstić information content (AvgIpc) is 3.48. The highest BCUT2D eigenvalue weighted by Crippen LogP contribution is 2.39. The first-order chi connectivity index (χ1) is 15.0. The third-order valence-corrected chi connectivity index (χ3v) is 8.08. The Morgan fingerprint density at radius 2 is 2.10 bits per heavy atom. The van der Waals surface area contributed by atoms with Gasteiger partial charge in [0.15, 0.2) is 11.0 Å². The van der Waals surface area contributed by atoms with E-state index in [0.29, 0.717) is 15.7 Å².